The highest BCUT2D eigenvalue weighted by atomic mass is 35.5. The summed E-state index contributed by atoms with van der Waals surface area (Å²) in [7, 11) is 0. The predicted octanol–water partition coefficient (Wildman–Crippen LogP) is 4.05. The first-order valence-electron chi connectivity index (χ1n) is 6.81. The molecule has 0 saturated carbocycles. The lowest BCUT2D eigenvalue weighted by molar-refractivity contribution is -0.127. The largest absolute Gasteiger partial charge is 0.419 e. The average Bonchev–Trinajstić information content (AvgIpc) is 3.04. The molecule has 4 nitrogen and oxygen atoms in total. The van der Waals surface area contributed by atoms with Crippen LogP contribution in [-0.4, -0.2) is 18.2 Å². The van der Waals surface area contributed by atoms with Crippen LogP contribution in [0.15, 0.2) is 41.5 Å². The number of hydrazone groups is 1. The van der Waals surface area contributed by atoms with E-state index < -0.39 is 11.8 Å². The van der Waals surface area contributed by atoms with E-state index >= 15 is 0 Å². The normalized spacial score (nSPS) is 13.4. The van der Waals surface area contributed by atoms with Crippen molar-refractivity contribution in [3.63, 3.8) is 0 Å². The first kappa shape index (κ1) is 15.8. The Hall–Kier alpha value is -2.11. The highest BCUT2D eigenvalue weighted by molar-refractivity contribution is 6.37. The van der Waals surface area contributed by atoms with Crippen molar-refractivity contribution in [2.45, 2.75) is 6.42 Å². The molecule has 0 unspecified atom stereocenters. The van der Waals surface area contributed by atoms with Crippen molar-refractivity contribution >= 4 is 34.9 Å². The van der Waals surface area contributed by atoms with E-state index in [4.69, 9.17) is 27.9 Å². The fourth-order valence-electron chi connectivity index (χ4n) is 2.16. The number of ether oxygens (including phenoxy) is 1. The lowest BCUT2D eigenvalue weighted by Gasteiger charge is -2.09. The van der Waals surface area contributed by atoms with E-state index in [1.807, 2.05) is 0 Å². The Kier molecular flexibility index (Phi) is 4.50. The van der Waals surface area contributed by atoms with Crippen molar-refractivity contribution in [1.29, 1.82) is 0 Å². The van der Waals surface area contributed by atoms with Crippen LogP contribution in [0.4, 0.5) is 4.39 Å². The van der Waals surface area contributed by atoms with E-state index in [-0.39, 0.29) is 11.5 Å². The van der Waals surface area contributed by atoms with Gasteiger partial charge in [0.1, 0.15) is 5.71 Å². The molecule has 0 aromatic heterocycles. The van der Waals surface area contributed by atoms with Crippen LogP contribution in [0.1, 0.15) is 6.42 Å². The molecule has 0 saturated heterocycles. The van der Waals surface area contributed by atoms with Gasteiger partial charge in [0.25, 0.3) is 0 Å². The van der Waals surface area contributed by atoms with Gasteiger partial charge in [0, 0.05) is 28.6 Å². The van der Waals surface area contributed by atoms with Crippen molar-refractivity contribution in [3.05, 3.63) is 52.3 Å². The van der Waals surface area contributed by atoms with E-state index in [2.05, 4.69) is 10.5 Å². The van der Waals surface area contributed by atoms with Gasteiger partial charge in [-0.3, -0.25) is 0 Å². The molecule has 2 aromatic rings. The standard InChI is InChI=1S/C16H11Cl2FN2O2/c17-10-2-3-11(12(18)8-10)9-1-4-13(19)15(7-9)23-16(22)14-5-6-20-21-14/h1-4,7-8,20H,5-6H2. The van der Waals surface area contributed by atoms with Gasteiger partial charge in [-0.1, -0.05) is 35.3 Å². The summed E-state index contributed by atoms with van der Waals surface area (Å²) >= 11 is 12.0. The maximum Gasteiger partial charge on any atom is 0.360 e. The third kappa shape index (κ3) is 3.46. The second-order valence-corrected chi connectivity index (χ2v) is 5.72. The molecule has 0 radical (unpaired) electrons. The minimum Gasteiger partial charge on any atom is -0.419 e. The lowest BCUT2D eigenvalue weighted by Crippen LogP contribution is -2.19. The van der Waals surface area contributed by atoms with E-state index in [9.17, 15) is 9.18 Å². The van der Waals surface area contributed by atoms with Crippen molar-refractivity contribution in [2.24, 2.45) is 5.10 Å². The number of benzene rings is 2. The van der Waals surface area contributed by atoms with Crippen LogP contribution in [0.25, 0.3) is 11.1 Å². The molecule has 0 atom stereocenters. The molecule has 0 aliphatic carbocycles. The van der Waals surface area contributed by atoms with Gasteiger partial charge in [0.05, 0.1) is 0 Å². The number of carbonyl (C=O) groups is 1. The highest BCUT2D eigenvalue weighted by Crippen LogP contribution is 2.33. The molecule has 1 N–H and O–H groups in total. The summed E-state index contributed by atoms with van der Waals surface area (Å²) in [5.74, 6) is -1.49. The van der Waals surface area contributed by atoms with Gasteiger partial charge in [0.2, 0.25) is 0 Å². The van der Waals surface area contributed by atoms with E-state index in [1.165, 1.54) is 12.1 Å². The highest BCUT2D eigenvalue weighted by Gasteiger charge is 2.20. The molecule has 1 aliphatic heterocycles. The minimum absolute atomic E-state index is 0.173. The van der Waals surface area contributed by atoms with E-state index in [1.54, 1.807) is 24.3 Å². The number of halogens is 3. The zero-order valence-electron chi connectivity index (χ0n) is 11.8. The summed E-state index contributed by atoms with van der Waals surface area (Å²) in [6.07, 6.45) is 0.448. The van der Waals surface area contributed by atoms with Crippen molar-refractivity contribution in [3.8, 4) is 16.9 Å². The first-order chi connectivity index (χ1) is 11.0. The van der Waals surface area contributed by atoms with Gasteiger partial charge >= 0.3 is 5.97 Å². The number of hydrogen-bond donors (Lipinski definition) is 1. The zero-order chi connectivity index (χ0) is 16.4. The molecule has 0 amide bonds. The molecule has 2 aromatic carbocycles. The molecular formula is C16H11Cl2FN2O2. The topological polar surface area (TPSA) is 50.7 Å². The number of rotatable bonds is 3. The van der Waals surface area contributed by atoms with Crippen molar-refractivity contribution in [1.82, 2.24) is 5.43 Å². The number of nitrogens with one attached hydrogen (secondary N) is 1. The molecular weight excluding hydrogens is 342 g/mol. The minimum atomic E-state index is -0.673. The molecule has 0 spiro atoms. The quantitative estimate of drug-likeness (QED) is 0.669. The molecule has 1 aliphatic rings. The summed E-state index contributed by atoms with van der Waals surface area (Å²) in [6, 6.07) is 9.18. The van der Waals surface area contributed by atoms with Crippen LogP contribution in [0.2, 0.25) is 10.0 Å². The lowest BCUT2D eigenvalue weighted by atomic mass is 10.1. The average molecular weight is 353 g/mol. The molecule has 0 bridgehead atoms. The Morgan fingerprint density at radius 3 is 2.74 bits per heavy atom. The number of carbonyl (C=O) groups excluding carboxylic acids is 1. The van der Waals surface area contributed by atoms with E-state index in [0.717, 1.165) is 0 Å². The van der Waals surface area contributed by atoms with Crippen LogP contribution in [0, 0.1) is 5.82 Å². The monoisotopic (exact) mass is 352 g/mol. The smallest absolute Gasteiger partial charge is 0.360 e. The maximum atomic E-state index is 13.9. The van der Waals surface area contributed by atoms with Gasteiger partial charge in [-0.15, -0.1) is 0 Å². The van der Waals surface area contributed by atoms with Crippen molar-refractivity contribution in [2.75, 3.05) is 6.54 Å². The second kappa shape index (κ2) is 6.56. The number of esters is 1. The zero-order valence-corrected chi connectivity index (χ0v) is 13.3. The SMILES string of the molecule is O=C(Oc1cc(-c2ccc(Cl)cc2Cl)ccc1F)C1=NNCC1. The molecule has 7 heteroatoms. The van der Waals surface area contributed by atoms with Crippen LogP contribution in [0.3, 0.4) is 0 Å². The Morgan fingerprint density at radius 1 is 1.22 bits per heavy atom. The van der Waals surface area contributed by atoms with Gasteiger partial charge < -0.3 is 10.2 Å². The van der Waals surface area contributed by atoms with Gasteiger partial charge in [-0.05, 0) is 29.8 Å². The molecule has 23 heavy (non-hydrogen) atoms. The van der Waals surface area contributed by atoms with E-state index in [0.29, 0.717) is 34.1 Å². The molecule has 118 valence electrons. The Balaban J connectivity index is 1.91. The Bertz CT molecular complexity index is 809. The Morgan fingerprint density at radius 2 is 2.04 bits per heavy atom. The molecule has 1 heterocycles. The van der Waals surface area contributed by atoms with Gasteiger partial charge in [0.15, 0.2) is 11.6 Å². The summed E-state index contributed by atoms with van der Waals surface area (Å²) in [5, 5.41) is 4.72. The fraction of sp³-hybridized carbons (Fsp3) is 0.125. The number of nitrogens with zero attached hydrogens (tertiary/aromatic N) is 1. The Labute approximate surface area is 141 Å². The van der Waals surface area contributed by atoms with Crippen LogP contribution in [-0.2, 0) is 4.79 Å². The summed E-state index contributed by atoms with van der Waals surface area (Å²) < 4.78 is 19.0. The third-order valence-corrected chi connectivity index (χ3v) is 3.85. The molecule has 0 fully saturated rings. The van der Waals surface area contributed by atoms with Crippen LogP contribution in [0.5, 0.6) is 5.75 Å². The van der Waals surface area contributed by atoms with Crippen LogP contribution < -0.4 is 10.2 Å². The van der Waals surface area contributed by atoms with Gasteiger partial charge in [-0.2, -0.15) is 5.10 Å². The second-order valence-electron chi connectivity index (χ2n) is 4.88. The number of hydrogen-bond acceptors (Lipinski definition) is 4. The van der Waals surface area contributed by atoms with Gasteiger partial charge in [-0.25, -0.2) is 9.18 Å². The summed E-state index contributed by atoms with van der Waals surface area (Å²) in [5.41, 5.74) is 4.18. The maximum absolute atomic E-state index is 13.9. The first-order valence-corrected chi connectivity index (χ1v) is 7.57. The molecule has 3 rings (SSSR count). The summed E-state index contributed by atoms with van der Waals surface area (Å²) in [6.45, 7) is 0.563. The summed E-state index contributed by atoms with van der Waals surface area (Å²) in [4.78, 5) is 11.9. The fourth-order valence-corrected chi connectivity index (χ4v) is 2.68. The predicted molar refractivity (Wildman–Crippen MR) is 87.5 cm³/mol. The van der Waals surface area contributed by atoms with Crippen molar-refractivity contribution < 1.29 is 13.9 Å². The third-order valence-electron chi connectivity index (χ3n) is 3.30. The van der Waals surface area contributed by atoms with Crippen LogP contribution >= 0.6 is 23.2 Å².